The van der Waals surface area contributed by atoms with Gasteiger partial charge in [-0.05, 0) is 32.3 Å². The van der Waals surface area contributed by atoms with Crippen LogP contribution in [-0.2, 0) is 30.4 Å². The molecule has 0 bridgehead atoms. The summed E-state index contributed by atoms with van der Waals surface area (Å²) in [5.41, 5.74) is 0.911. The third-order valence-corrected chi connectivity index (χ3v) is 3.54. The fourth-order valence-corrected chi connectivity index (χ4v) is 2.26. The van der Waals surface area contributed by atoms with E-state index in [1.54, 1.807) is 13.8 Å². The number of alkyl carbamates (subject to hydrolysis) is 1. The van der Waals surface area contributed by atoms with Crippen molar-refractivity contribution >= 4 is 18.0 Å². The molecule has 1 aromatic rings. The molecule has 26 heavy (non-hydrogen) atoms. The summed E-state index contributed by atoms with van der Waals surface area (Å²) < 4.78 is 14.9. The summed E-state index contributed by atoms with van der Waals surface area (Å²) in [7, 11) is 0. The summed E-state index contributed by atoms with van der Waals surface area (Å²) >= 11 is 0. The largest absolute Gasteiger partial charge is 0.465 e. The maximum Gasteiger partial charge on any atom is 0.407 e. The minimum absolute atomic E-state index is 0.209. The van der Waals surface area contributed by atoms with Crippen molar-refractivity contribution in [3.8, 4) is 0 Å². The van der Waals surface area contributed by atoms with Gasteiger partial charge in [0.1, 0.15) is 6.61 Å². The van der Waals surface area contributed by atoms with E-state index in [1.165, 1.54) is 0 Å². The van der Waals surface area contributed by atoms with Crippen LogP contribution in [0.25, 0.3) is 0 Å². The van der Waals surface area contributed by atoms with E-state index in [1.807, 2.05) is 30.3 Å². The van der Waals surface area contributed by atoms with Gasteiger partial charge in [0.15, 0.2) is 5.92 Å². The molecule has 0 aliphatic heterocycles. The highest BCUT2D eigenvalue weighted by atomic mass is 16.6. The lowest BCUT2D eigenvalue weighted by Gasteiger charge is -2.14. The zero-order chi connectivity index (χ0) is 19.2. The van der Waals surface area contributed by atoms with Crippen LogP contribution < -0.4 is 5.32 Å². The summed E-state index contributed by atoms with van der Waals surface area (Å²) in [6.45, 7) is 4.40. The van der Waals surface area contributed by atoms with Crippen LogP contribution >= 0.6 is 0 Å². The Hall–Kier alpha value is -2.57. The predicted octanol–water partition coefficient (Wildman–Crippen LogP) is 2.83. The van der Waals surface area contributed by atoms with Crippen LogP contribution in [-0.4, -0.2) is 37.8 Å². The van der Waals surface area contributed by atoms with Gasteiger partial charge < -0.3 is 19.5 Å². The second-order valence-electron chi connectivity index (χ2n) is 5.54. The van der Waals surface area contributed by atoms with Crippen molar-refractivity contribution in [3.63, 3.8) is 0 Å². The van der Waals surface area contributed by atoms with Gasteiger partial charge in [0.2, 0.25) is 0 Å². The van der Waals surface area contributed by atoms with E-state index in [2.05, 4.69) is 5.32 Å². The average molecular weight is 365 g/mol. The van der Waals surface area contributed by atoms with Crippen LogP contribution in [0.1, 0.15) is 38.7 Å². The number of ether oxygens (including phenoxy) is 3. The lowest BCUT2D eigenvalue weighted by atomic mass is 10.0. The Morgan fingerprint density at radius 2 is 1.54 bits per heavy atom. The minimum atomic E-state index is -0.917. The van der Waals surface area contributed by atoms with Crippen LogP contribution in [0.15, 0.2) is 30.3 Å². The molecule has 7 heteroatoms. The maximum absolute atomic E-state index is 11.8. The van der Waals surface area contributed by atoms with Crippen LogP contribution in [0.4, 0.5) is 4.79 Å². The molecule has 1 aromatic carbocycles. The van der Waals surface area contributed by atoms with E-state index in [4.69, 9.17) is 14.2 Å². The zero-order valence-corrected chi connectivity index (χ0v) is 15.4. The van der Waals surface area contributed by atoms with E-state index in [9.17, 15) is 14.4 Å². The molecule has 0 aromatic heterocycles. The van der Waals surface area contributed by atoms with Gasteiger partial charge in [-0.25, -0.2) is 4.79 Å². The molecule has 0 saturated carbocycles. The molecule has 7 nitrogen and oxygen atoms in total. The predicted molar refractivity (Wildman–Crippen MR) is 95.2 cm³/mol. The number of amides is 1. The molecule has 144 valence electrons. The van der Waals surface area contributed by atoms with Gasteiger partial charge in [0.25, 0.3) is 0 Å². The average Bonchev–Trinajstić information content (AvgIpc) is 2.64. The zero-order valence-electron chi connectivity index (χ0n) is 15.4. The molecule has 0 atom stereocenters. The van der Waals surface area contributed by atoms with Gasteiger partial charge in [-0.1, -0.05) is 36.8 Å². The lowest BCUT2D eigenvalue weighted by Crippen LogP contribution is -2.29. The smallest absolute Gasteiger partial charge is 0.407 e. The van der Waals surface area contributed by atoms with Crippen molar-refractivity contribution in [2.45, 2.75) is 39.7 Å². The van der Waals surface area contributed by atoms with E-state index in [0.29, 0.717) is 25.8 Å². The first-order valence-electron chi connectivity index (χ1n) is 8.86. The summed E-state index contributed by atoms with van der Waals surface area (Å²) in [5.74, 6) is -2.05. The molecule has 1 amide bonds. The van der Waals surface area contributed by atoms with Gasteiger partial charge >= 0.3 is 18.0 Å². The summed E-state index contributed by atoms with van der Waals surface area (Å²) in [6.07, 6.45) is 0.997. The number of carbonyl (C=O) groups is 3. The van der Waals surface area contributed by atoms with E-state index in [0.717, 1.165) is 5.56 Å². The van der Waals surface area contributed by atoms with Crippen LogP contribution in [0.3, 0.4) is 0 Å². The van der Waals surface area contributed by atoms with Crippen molar-refractivity contribution in [1.82, 2.24) is 5.32 Å². The molecule has 0 heterocycles. The number of rotatable bonds is 11. The Labute approximate surface area is 154 Å². The molecule has 0 aliphatic carbocycles. The van der Waals surface area contributed by atoms with Gasteiger partial charge in [0.05, 0.1) is 13.2 Å². The Morgan fingerprint density at radius 1 is 0.923 bits per heavy atom. The Morgan fingerprint density at radius 3 is 2.12 bits per heavy atom. The summed E-state index contributed by atoms with van der Waals surface area (Å²) in [5, 5.41) is 2.64. The molecule has 0 saturated heterocycles. The fourth-order valence-electron chi connectivity index (χ4n) is 2.26. The highest BCUT2D eigenvalue weighted by Gasteiger charge is 2.28. The topological polar surface area (TPSA) is 90.9 Å². The van der Waals surface area contributed by atoms with Gasteiger partial charge in [0, 0.05) is 6.54 Å². The number of unbranched alkanes of at least 4 members (excludes halogenated alkanes) is 1. The molecule has 0 unspecified atom stereocenters. The molecular formula is C19H27NO6. The number of benzene rings is 1. The van der Waals surface area contributed by atoms with Gasteiger partial charge in [-0.2, -0.15) is 0 Å². The van der Waals surface area contributed by atoms with Crippen molar-refractivity contribution in [3.05, 3.63) is 35.9 Å². The third kappa shape index (κ3) is 8.50. The summed E-state index contributed by atoms with van der Waals surface area (Å²) in [4.78, 5) is 35.3. The van der Waals surface area contributed by atoms with E-state index in [-0.39, 0.29) is 19.8 Å². The number of hydrogen-bond acceptors (Lipinski definition) is 6. The standard InChI is InChI=1S/C19H27NO6/c1-3-24-17(21)16(18(22)25-4-2)12-8-9-13-20-19(23)26-14-15-10-6-5-7-11-15/h5-7,10-11,16H,3-4,8-9,12-14H2,1-2H3,(H,20,23). The molecular weight excluding hydrogens is 338 g/mol. The Kier molecular flexibility index (Phi) is 10.5. The highest BCUT2D eigenvalue weighted by molar-refractivity contribution is 5.94. The molecule has 1 rings (SSSR count). The first kappa shape index (κ1) is 21.5. The second-order valence-corrected chi connectivity index (χ2v) is 5.54. The van der Waals surface area contributed by atoms with E-state index < -0.39 is 23.9 Å². The van der Waals surface area contributed by atoms with Crippen molar-refractivity contribution in [2.75, 3.05) is 19.8 Å². The Bertz CT molecular complexity index is 542. The number of hydrogen-bond donors (Lipinski definition) is 1. The van der Waals surface area contributed by atoms with E-state index >= 15 is 0 Å². The number of esters is 2. The number of nitrogens with one attached hydrogen (secondary N) is 1. The van der Waals surface area contributed by atoms with Crippen molar-refractivity contribution in [2.24, 2.45) is 5.92 Å². The van der Waals surface area contributed by atoms with Crippen LogP contribution in [0, 0.1) is 5.92 Å². The number of carbonyl (C=O) groups excluding carboxylic acids is 3. The maximum atomic E-state index is 11.8. The minimum Gasteiger partial charge on any atom is -0.465 e. The molecule has 0 radical (unpaired) electrons. The van der Waals surface area contributed by atoms with Gasteiger partial charge in [-0.3, -0.25) is 9.59 Å². The summed E-state index contributed by atoms with van der Waals surface area (Å²) in [6, 6.07) is 9.39. The SMILES string of the molecule is CCOC(=O)C(CCCCNC(=O)OCc1ccccc1)C(=O)OCC. The van der Waals surface area contributed by atoms with Crippen LogP contribution in [0.5, 0.6) is 0 Å². The molecule has 1 N–H and O–H groups in total. The fraction of sp³-hybridized carbons (Fsp3) is 0.526. The van der Waals surface area contributed by atoms with Crippen molar-refractivity contribution in [1.29, 1.82) is 0 Å². The van der Waals surface area contributed by atoms with Crippen molar-refractivity contribution < 1.29 is 28.6 Å². The first-order valence-corrected chi connectivity index (χ1v) is 8.86. The first-order chi connectivity index (χ1) is 12.6. The molecule has 0 aliphatic rings. The highest BCUT2D eigenvalue weighted by Crippen LogP contribution is 2.13. The van der Waals surface area contributed by atoms with Crippen LogP contribution in [0.2, 0.25) is 0 Å². The van der Waals surface area contributed by atoms with Gasteiger partial charge in [-0.15, -0.1) is 0 Å². The molecule has 0 spiro atoms. The third-order valence-electron chi connectivity index (χ3n) is 3.54. The Balaban J connectivity index is 2.24. The second kappa shape index (κ2) is 12.7. The molecule has 0 fully saturated rings. The lowest BCUT2D eigenvalue weighted by molar-refractivity contribution is -0.161. The monoisotopic (exact) mass is 365 g/mol. The quantitative estimate of drug-likeness (QED) is 0.281. The normalized spacial score (nSPS) is 10.3.